The maximum Gasteiger partial charge on any atom is 0.240 e. The van der Waals surface area contributed by atoms with Gasteiger partial charge in [0.15, 0.2) is 5.16 Å². The van der Waals surface area contributed by atoms with Crippen molar-refractivity contribution >= 4 is 33.4 Å². The molecule has 3 rings (SSSR count). The largest absolute Gasteiger partial charge is 0.240 e. The van der Waals surface area contributed by atoms with E-state index in [1.165, 1.54) is 23.9 Å². The maximum atomic E-state index is 12.5. The average Bonchev–Trinajstić information content (AvgIpc) is 2.67. The molecule has 2 aromatic carbocycles. The molecule has 1 N–H and O–H groups in total. The number of nitrogens with zero attached hydrogens (tertiary/aromatic N) is 2. The van der Waals surface area contributed by atoms with Crippen LogP contribution in [0.3, 0.4) is 0 Å². The summed E-state index contributed by atoms with van der Waals surface area (Å²) < 4.78 is 27.7. The third-order valence-corrected chi connectivity index (χ3v) is 6.38. The number of sulfonamides is 1. The first kappa shape index (κ1) is 18.8. The topological polar surface area (TPSA) is 72.0 Å². The number of hydrogen-bond donors (Lipinski definition) is 1. The first-order valence-corrected chi connectivity index (χ1v) is 10.5. The normalized spacial score (nSPS) is 12.7. The third-order valence-electron chi connectivity index (χ3n) is 3.54. The van der Waals surface area contributed by atoms with Crippen LogP contribution < -0.4 is 4.72 Å². The van der Waals surface area contributed by atoms with E-state index in [0.717, 1.165) is 5.56 Å². The third kappa shape index (κ3) is 5.04. The first-order chi connectivity index (χ1) is 12.5. The van der Waals surface area contributed by atoms with Crippen LogP contribution in [0.4, 0.5) is 0 Å². The molecule has 3 aromatic rings. The number of aromatic nitrogens is 2. The van der Waals surface area contributed by atoms with Gasteiger partial charge in [0.05, 0.1) is 10.1 Å². The van der Waals surface area contributed by atoms with Crippen LogP contribution in [0.15, 0.2) is 83.1 Å². The number of rotatable bonds is 7. The second kappa shape index (κ2) is 8.64. The summed E-state index contributed by atoms with van der Waals surface area (Å²) in [6.07, 6.45) is 3.32. The van der Waals surface area contributed by atoms with Gasteiger partial charge in [-0.1, -0.05) is 53.7 Å². The SMILES string of the molecule is O=S(=O)(NC[C@H](Sc1ncccn1)c1ccccc1)c1ccc(Cl)cc1. The van der Waals surface area contributed by atoms with Crippen LogP contribution >= 0.6 is 23.4 Å². The zero-order valence-corrected chi connectivity index (χ0v) is 16.0. The van der Waals surface area contributed by atoms with Crippen molar-refractivity contribution in [2.24, 2.45) is 0 Å². The highest BCUT2D eigenvalue weighted by Gasteiger charge is 2.20. The molecule has 0 saturated heterocycles. The van der Waals surface area contributed by atoms with Crippen molar-refractivity contribution in [1.82, 2.24) is 14.7 Å². The van der Waals surface area contributed by atoms with E-state index in [1.54, 1.807) is 30.6 Å². The highest BCUT2D eigenvalue weighted by atomic mass is 35.5. The van der Waals surface area contributed by atoms with Crippen LogP contribution in [0.1, 0.15) is 10.8 Å². The second-order valence-electron chi connectivity index (χ2n) is 5.35. The van der Waals surface area contributed by atoms with Crippen molar-refractivity contribution < 1.29 is 8.42 Å². The van der Waals surface area contributed by atoms with Gasteiger partial charge in [-0.2, -0.15) is 0 Å². The lowest BCUT2D eigenvalue weighted by Crippen LogP contribution is -2.27. The molecule has 1 heterocycles. The fraction of sp³-hybridized carbons (Fsp3) is 0.111. The van der Waals surface area contributed by atoms with Gasteiger partial charge in [-0.15, -0.1) is 0 Å². The molecule has 134 valence electrons. The standard InChI is InChI=1S/C18H16ClN3O2S2/c19-15-7-9-16(10-8-15)26(23,24)22-13-17(14-5-2-1-3-6-14)25-18-20-11-4-12-21-18/h1-12,17,22H,13H2/t17-/m0/s1. The summed E-state index contributed by atoms with van der Waals surface area (Å²) in [6.45, 7) is 0.206. The van der Waals surface area contributed by atoms with Crippen LogP contribution in [-0.2, 0) is 10.0 Å². The highest BCUT2D eigenvalue weighted by molar-refractivity contribution is 7.99. The van der Waals surface area contributed by atoms with E-state index in [1.807, 2.05) is 30.3 Å². The number of benzene rings is 2. The van der Waals surface area contributed by atoms with Crippen molar-refractivity contribution in [2.75, 3.05) is 6.54 Å². The van der Waals surface area contributed by atoms with E-state index in [0.29, 0.717) is 10.2 Å². The number of halogens is 1. The predicted molar refractivity (Wildman–Crippen MR) is 104 cm³/mol. The zero-order valence-electron chi connectivity index (χ0n) is 13.6. The summed E-state index contributed by atoms with van der Waals surface area (Å²) in [4.78, 5) is 8.61. The summed E-state index contributed by atoms with van der Waals surface area (Å²) in [5.41, 5.74) is 0.990. The van der Waals surface area contributed by atoms with Gasteiger partial charge in [0.1, 0.15) is 0 Å². The van der Waals surface area contributed by atoms with E-state index in [9.17, 15) is 8.42 Å². The van der Waals surface area contributed by atoms with Gasteiger partial charge in [-0.25, -0.2) is 23.1 Å². The van der Waals surface area contributed by atoms with Gasteiger partial charge in [-0.05, 0) is 35.9 Å². The summed E-state index contributed by atoms with van der Waals surface area (Å²) in [6, 6.07) is 17.5. The van der Waals surface area contributed by atoms with Crippen LogP contribution in [0.5, 0.6) is 0 Å². The van der Waals surface area contributed by atoms with Crippen LogP contribution in [-0.4, -0.2) is 24.9 Å². The molecule has 5 nitrogen and oxygen atoms in total. The molecule has 0 aliphatic rings. The molecule has 1 aromatic heterocycles. The Morgan fingerprint density at radius 3 is 2.27 bits per heavy atom. The molecular weight excluding hydrogens is 390 g/mol. The first-order valence-electron chi connectivity index (χ1n) is 7.78. The smallest absolute Gasteiger partial charge is 0.231 e. The fourth-order valence-corrected chi connectivity index (χ4v) is 4.49. The quantitative estimate of drug-likeness (QED) is 0.476. The van der Waals surface area contributed by atoms with E-state index >= 15 is 0 Å². The molecule has 0 spiro atoms. The summed E-state index contributed by atoms with van der Waals surface area (Å²) in [7, 11) is -3.64. The Kier molecular flexibility index (Phi) is 6.26. The van der Waals surface area contributed by atoms with E-state index in [2.05, 4.69) is 14.7 Å². The minimum Gasteiger partial charge on any atom is -0.231 e. The number of hydrogen-bond acceptors (Lipinski definition) is 5. The molecule has 8 heteroatoms. The van der Waals surface area contributed by atoms with E-state index in [4.69, 9.17) is 11.6 Å². The van der Waals surface area contributed by atoms with Gasteiger partial charge in [0.2, 0.25) is 10.0 Å². The van der Waals surface area contributed by atoms with Gasteiger partial charge >= 0.3 is 0 Å². The lowest BCUT2D eigenvalue weighted by Gasteiger charge is -2.17. The fourth-order valence-electron chi connectivity index (χ4n) is 2.25. The molecule has 26 heavy (non-hydrogen) atoms. The molecule has 0 unspecified atom stereocenters. The highest BCUT2D eigenvalue weighted by Crippen LogP contribution is 2.32. The number of nitrogens with one attached hydrogen (secondary N) is 1. The maximum absolute atomic E-state index is 12.5. The second-order valence-corrected chi connectivity index (χ2v) is 8.73. The lowest BCUT2D eigenvalue weighted by atomic mass is 10.1. The van der Waals surface area contributed by atoms with Crippen molar-refractivity contribution in [1.29, 1.82) is 0 Å². The molecule has 0 aliphatic carbocycles. The minimum absolute atomic E-state index is 0.166. The van der Waals surface area contributed by atoms with Gasteiger partial charge < -0.3 is 0 Å². The van der Waals surface area contributed by atoms with Gasteiger partial charge in [0, 0.05) is 24.0 Å². The predicted octanol–water partition coefficient (Wildman–Crippen LogP) is 3.94. The molecule has 0 radical (unpaired) electrons. The van der Waals surface area contributed by atoms with Gasteiger partial charge in [0.25, 0.3) is 0 Å². The van der Waals surface area contributed by atoms with Crippen molar-refractivity contribution in [3.8, 4) is 0 Å². The zero-order chi connectivity index (χ0) is 18.4. The summed E-state index contributed by atoms with van der Waals surface area (Å²) in [5, 5.41) is 0.913. The lowest BCUT2D eigenvalue weighted by molar-refractivity contribution is 0.581. The Balaban J connectivity index is 1.78. The molecule has 0 bridgehead atoms. The Bertz CT molecular complexity index is 937. The Labute approximate surface area is 161 Å². The molecule has 1 atom stereocenters. The molecule has 0 amide bonds. The van der Waals surface area contributed by atoms with Crippen molar-refractivity contribution in [3.63, 3.8) is 0 Å². The average molecular weight is 406 g/mol. The molecular formula is C18H16ClN3O2S2. The number of thioether (sulfide) groups is 1. The Hall–Kier alpha value is -1.93. The molecule has 0 aliphatic heterocycles. The molecule has 0 saturated carbocycles. The summed E-state index contributed by atoms with van der Waals surface area (Å²) >= 11 is 7.24. The van der Waals surface area contributed by atoms with E-state index in [-0.39, 0.29) is 16.7 Å². The Morgan fingerprint density at radius 2 is 1.62 bits per heavy atom. The molecule has 0 fully saturated rings. The van der Waals surface area contributed by atoms with Crippen LogP contribution in [0.2, 0.25) is 5.02 Å². The van der Waals surface area contributed by atoms with Gasteiger partial charge in [-0.3, -0.25) is 0 Å². The Morgan fingerprint density at radius 1 is 0.962 bits per heavy atom. The van der Waals surface area contributed by atoms with Crippen molar-refractivity contribution in [3.05, 3.63) is 83.6 Å². The summed E-state index contributed by atoms with van der Waals surface area (Å²) in [5.74, 6) is 0. The van der Waals surface area contributed by atoms with Crippen molar-refractivity contribution in [2.45, 2.75) is 15.3 Å². The monoisotopic (exact) mass is 405 g/mol. The van der Waals surface area contributed by atoms with Crippen LogP contribution in [0, 0.1) is 0 Å². The van der Waals surface area contributed by atoms with E-state index < -0.39 is 10.0 Å². The van der Waals surface area contributed by atoms with Crippen LogP contribution in [0.25, 0.3) is 0 Å². The minimum atomic E-state index is -3.64.